The van der Waals surface area contributed by atoms with Crippen LogP contribution < -0.4 is 5.76 Å². The summed E-state index contributed by atoms with van der Waals surface area (Å²) in [6.45, 7) is 4.49. The van der Waals surface area contributed by atoms with Crippen molar-refractivity contribution in [2.75, 3.05) is 26.2 Å². The molecule has 4 aromatic rings. The van der Waals surface area contributed by atoms with Crippen molar-refractivity contribution in [3.05, 3.63) is 64.1 Å². The molecule has 0 spiro atoms. The highest BCUT2D eigenvalue weighted by atomic mass is 32.1. The molecule has 0 atom stereocenters. The van der Waals surface area contributed by atoms with Crippen LogP contribution in [-0.4, -0.2) is 51.4 Å². The van der Waals surface area contributed by atoms with Gasteiger partial charge in [-0.3, -0.25) is 14.3 Å². The van der Waals surface area contributed by atoms with Crippen molar-refractivity contribution in [3.8, 4) is 0 Å². The number of nitrogens with zero attached hydrogens (tertiary/aromatic N) is 4. The molecule has 31 heavy (non-hydrogen) atoms. The molecule has 0 saturated carbocycles. The maximum Gasteiger partial charge on any atom is 0.419 e. The summed E-state index contributed by atoms with van der Waals surface area (Å²) in [5.74, 6) is -0.211. The van der Waals surface area contributed by atoms with Gasteiger partial charge in [0.2, 0.25) is 5.91 Å². The molecular formula is C23H24N4O3S. The minimum atomic E-state index is -0.364. The van der Waals surface area contributed by atoms with E-state index in [1.54, 1.807) is 22.0 Å². The molecule has 2 aromatic carbocycles. The van der Waals surface area contributed by atoms with E-state index in [0.717, 1.165) is 48.8 Å². The summed E-state index contributed by atoms with van der Waals surface area (Å²) in [6.07, 6.45) is 1.05. The van der Waals surface area contributed by atoms with Gasteiger partial charge in [0.05, 0.1) is 22.3 Å². The average molecular weight is 437 g/mol. The molecule has 8 heteroatoms. The van der Waals surface area contributed by atoms with Gasteiger partial charge in [-0.2, -0.15) is 0 Å². The van der Waals surface area contributed by atoms with Gasteiger partial charge in [0.1, 0.15) is 5.01 Å². The van der Waals surface area contributed by atoms with Crippen LogP contribution in [0.25, 0.3) is 21.3 Å². The van der Waals surface area contributed by atoms with Gasteiger partial charge in [0.15, 0.2) is 5.58 Å². The standard InChI is InChI=1S/C23H24N4O3S/c28-22(10-5-11-27-18-7-2-3-8-19(18)30-23(27)29)26-14-12-25(13-15-26)16-21-24-17-6-1-4-9-20(17)31-21/h1-4,6-9H,5,10-16H2. The van der Waals surface area contributed by atoms with E-state index in [9.17, 15) is 9.59 Å². The molecule has 0 N–H and O–H groups in total. The van der Waals surface area contributed by atoms with Crippen molar-refractivity contribution in [1.82, 2.24) is 19.4 Å². The van der Waals surface area contributed by atoms with Crippen molar-refractivity contribution in [2.24, 2.45) is 0 Å². The zero-order valence-electron chi connectivity index (χ0n) is 17.2. The molecule has 1 fully saturated rings. The Hall–Kier alpha value is -2.97. The molecular weight excluding hydrogens is 412 g/mol. The zero-order chi connectivity index (χ0) is 21.2. The van der Waals surface area contributed by atoms with Crippen LogP contribution in [0.4, 0.5) is 0 Å². The number of amides is 1. The van der Waals surface area contributed by atoms with Gasteiger partial charge in [0.25, 0.3) is 0 Å². The minimum Gasteiger partial charge on any atom is -0.408 e. The first kappa shape index (κ1) is 20.0. The van der Waals surface area contributed by atoms with Crippen LogP contribution in [0.3, 0.4) is 0 Å². The van der Waals surface area contributed by atoms with Gasteiger partial charge in [-0.15, -0.1) is 11.3 Å². The Morgan fingerprint density at radius 3 is 2.65 bits per heavy atom. The fourth-order valence-corrected chi connectivity index (χ4v) is 5.12. The van der Waals surface area contributed by atoms with E-state index in [4.69, 9.17) is 9.40 Å². The predicted molar refractivity (Wildman–Crippen MR) is 121 cm³/mol. The first-order chi connectivity index (χ1) is 15.2. The average Bonchev–Trinajstić information content (AvgIpc) is 3.34. The molecule has 2 aromatic heterocycles. The van der Waals surface area contributed by atoms with E-state index in [1.165, 1.54) is 4.70 Å². The van der Waals surface area contributed by atoms with Gasteiger partial charge >= 0.3 is 5.76 Å². The number of fused-ring (bicyclic) bond motifs is 2. The number of rotatable bonds is 6. The van der Waals surface area contributed by atoms with E-state index in [0.29, 0.717) is 25.0 Å². The maximum atomic E-state index is 12.6. The number of oxazole rings is 1. The molecule has 5 rings (SSSR count). The van der Waals surface area contributed by atoms with Gasteiger partial charge in [-0.1, -0.05) is 24.3 Å². The molecule has 1 amide bonds. The third-order valence-corrected chi connectivity index (χ3v) is 6.79. The van der Waals surface area contributed by atoms with Crippen molar-refractivity contribution >= 4 is 38.6 Å². The number of piperazine rings is 1. The second kappa shape index (κ2) is 8.64. The molecule has 3 heterocycles. The van der Waals surface area contributed by atoms with Crippen molar-refractivity contribution < 1.29 is 9.21 Å². The quantitative estimate of drug-likeness (QED) is 0.464. The smallest absolute Gasteiger partial charge is 0.408 e. The second-order valence-electron chi connectivity index (χ2n) is 7.82. The van der Waals surface area contributed by atoms with Gasteiger partial charge in [-0.25, -0.2) is 9.78 Å². The SMILES string of the molecule is O=C(CCCn1c(=O)oc2ccccc21)N1CCN(Cc2nc3ccccc3s2)CC1. The normalized spacial score (nSPS) is 15.2. The molecule has 0 radical (unpaired) electrons. The van der Waals surface area contributed by atoms with Crippen LogP contribution >= 0.6 is 11.3 Å². The Morgan fingerprint density at radius 2 is 1.81 bits per heavy atom. The summed E-state index contributed by atoms with van der Waals surface area (Å²) in [5.41, 5.74) is 2.42. The third kappa shape index (κ3) is 4.26. The number of carbonyl (C=O) groups is 1. The van der Waals surface area contributed by atoms with Gasteiger partial charge in [-0.05, 0) is 30.7 Å². The van der Waals surface area contributed by atoms with E-state index < -0.39 is 0 Å². The molecule has 0 unspecified atom stereocenters. The van der Waals surface area contributed by atoms with Crippen molar-refractivity contribution in [1.29, 1.82) is 0 Å². The molecule has 0 bridgehead atoms. The highest BCUT2D eigenvalue weighted by Crippen LogP contribution is 2.23. The van der Waals surface area contributed by atoms with Crippen LogP contribution in [0.2, 0.25) is 0 Å². The summed E-state index contributed by atoms with van der Waals surface area (Å²) in [4.78, 5) is 33.7. The van der Waals surface area contributed by atoms with Crippen molar-refractivity contribution in [3.63, 3.8) is 0 Å². The number of carbonyl (C=O) groups excluding carboxylic acids is 1. The first-order valence-electron chi connectivity index (χ1n) is 10.6. The topological polar surface area (TPSA) is 71.6 Å². The Balaban J connectivity index is 1.11. The number of benzene rings is 2. The predicted octanol–water partition coefficient (Wildman–Crippen LogP) is 3.33. The number of para-hydroxylation sites is 3. The van der Waals surface area contributed by atoms with Crippen LogP contribution in [0, 0.1) is 0 Å². The van der Waals surface area contributed by atoms with Crippen LogP contribution in [0.5, 0.6) is 0 Å². The maximum absolute atomic E-state index is 12.6. The number of aryl methyl sites for hydroxylation is 1. The van der Waals surface area contributed by atoms with E-state index in [1.807, 2.05) is 41.3 Å². The van der Waals surface area contributed by atoms with E-state index >= 15 is 0 Å². The number of hydrogen-bond donors (Lipinski definition) is 0. The Morgan fingerprint density at radius 1 is 1.03 bits per heavy atom. The first-order valence-corrected chi connectivity index (χ1v) is 11.4. The van der Waals surface area contributed by atoms with Gasteiger partial charge < -0.3 is 9.32 Å². The van der Waals surface area contributed by atoms with Crippen molar-refractivity contribution in [2.45, 2.75) is 25.9 Å². The lowest BCUT2D eigenvalue weighted by atomic mass is 10.2. The Bertz CT molecular complexity index is 1230. The highest BCUT2D eigenvalue weighted by molar-refractivity contribution is 7.18. The number of thiazole rings is 1. The summed E-state index contributed by atoms with van der Waals surface area (Å²) < 4.78 is 8.08. The lowest BCUT2D eigenvalue weighted by molar-refractivity contribution is -0.133. The molecule has 160 valence electrons. The number of aromatic nitrogens is 2. The lowest BCUT2D eigenvalue weighted by Crippen LogP contribution is -2.48. The fourth-order valence-electron chi connectivity index (χ4n) is 4.11. The molecule has 1 aliphatic rings. The van der Waals surface area contributed by atoms with Gasteiger partial charge in [0, 0.05) is 39.1 Å². The highest BCUT2D eigenvalue weighted by Gasteiger charge is 2.22. The summed E-state index contributed by atoms with van der Waals surface area (Å²) in [6, 6.07) is 15.6. The zero-order valence-corrected chi connectivity index (χ0v) is 18.0. The Kier molecular flexibility index (Phi) is 5.57. The molecule has 1 aliphatic heterocycles. The third-order valence-electron chi connectivity index (χ3n) is 5.77. The van der Waals surface area contributed by atoms with Crippen LogP contribution in [0.1, 0.15) is 17.8 Å². The van der Waals surface area contributed by atoms with Crippen LogP contribution in [0.15, 0.2) is 57.7 Å². The molecule has 7 nitrogen and oxygen atoms in total. The summed E-state index contributed by atoms with van der Waals surface area (Å²) in [7, 11) is 0. The Labute approximate surface area is 183 Å². The van der Waals surface area contributed by atoms with E-state index in [-0.39, 0.29) is 11.7 Å². The molecule has 1 saturated heterocycles. The monoisotopic (exact) mass is 436 g/mol. The summed E-state index contributed by atoms with van der Waals surface area (Å²) in [5, 5.41) is 1.12. The molecule has 0 aliphatic carbocycles. The lowest BCUT2D eigenvalue weighted by Gasteiger charge is -2.34. The summed E-state index contributed by atoms with van der Waals surface area (Å²) >= 11 is 1.74. The van der Waals surface area contributed by atoms with Crippen LogP contribution in [-0.2, 0) is 17.9 Å². The second-order valence-corrected chi connectivity index (χ2v) is 8.94. The minimum absolute atomic E-state index is 0.153. The van der Waals surface area contributed by atoms with E-state index in [2.05, 4.69) is 11.0 Å². The largest absolute Gasteiger partial charge is 0.419 e. The fraction of sp³-hybridized carbons (Fsp3) is 0.348. The number of hydrogen-bond acceptors (Lipinski definition) is 6.